The number of fused-ring (bicyclic) bond motifs is 1. The quantitative estimate of drug-likeness (QED) is 0.274. The van der Waals surface area contributed by atoms with Gasteiger partial charge >= 0.3 is 5.97 Å². The third-order valence-electron chi connectivity index (χ3n) is 4.28. The average Bonchev–Trinajstić information content (AvgIpc) is 3.17. The lowest BCUT2D eigenvalue weighted by Gasteiger charge is -2.17. The summed E-state index contributed by atoms with van der Waals surface area (Å²) in [6.07, 6.45) is 2.24. The highest BCUT2D eigenvalue weighted by molar-refractivity contribution is 7.98. The van der Waals surface area contributed by atoms with Crippen LogP contribution in [0.15, 0.2) is 42.5 Å². The van der Waals surface area contributed by atoms with E-state index in [9.17, 15) is 19.7 Å². The second kappa shape index (κ2) is 10.6. The van der Waals surface area contributed by atoms with E-state index in [-0.39, 0.29) is 22.9 Å². The fourth-order valence-electron chi connectivity index (χ4n) is 2.74. The maximum Gasteiger partial charge on any atom is 0.329 e. The molecule has 3 rings (SSSR count). The zero-order chi connectivity index (χ0) is 22.4. The second-order valence-corrected chi connectivity index (χ2v) is 8.92. The van der Waals surface area contributed by atoms with E-state index in [0.29, 0.717) is 17.2 Å². The second-order valence-electron chi connectivity index (χ2n) is 6.41. The van der Waals surface area contributed by atoms with Crippen LogP contribution in [-0.2, 0) is 16.1 Å². The van der Waals surface area contributed by atoms with E-state index >= 15 is 0 Å². The van der Waals surface area contributed by atoms with Gasteiger partial charge in [-0.05, 0) is 36.6 Å². The number of carbonyl (C=O) groups is 2. The molecule has 2 aromatic carbocycles. The summed E-state index contributed by atoms with van der Waals surface area (Å²) in [5.74, 6) is -0.572. The highest BCUT2D eigenvalue weighted by atomic mass is 35.5. The number of rotatable bonds is 9. The summed E-state index contributed by atoms with van der Waals surface area (Å²) < 4.78 is 6.39. The number of thioether (sulfide) groups is 1. The van der Waals surface area contributed by atoms with Crippen molar-refractivity contribution in [3.63, 3.8) is 0 Å². The maximum absolute atomic E-state index is 12.6. The lowest BCUT2D eigenvalue weighted by atomic mass is 10.1. The summed E-state index contributed by atoms with van der Waals surface area (Å²) in [6, 6.07) is 10.3. The molecule has 1 atom stereocenters. The van der Waals surface area contributed by atoms with Crippen molar-refractivity contribution in [1.29, 1.82) is 0 Å². The predicted molar refractivity (Wildman–Crippen MR) is 122 cm³/mol. The molecule has 0 aliphatic rings. The Kier molecular flexibility index (Phi) is 7.83. The monoisotopic (exact) mass is 479 g/mol. The minimum atomic E-state index is -0.888. The minimum Gasteiger partial charge on any atom is -0.457 e. The molecule has 1 aromatic heterocycles. The van der Waals surface area contributed by atoms with Crippen LogP contribution in [-0.4, -0.2) is 39.8 Å². The predicted octanol–water partition coefficient (Wildman–Crippen LogP) is 4.45. The topological polar surface area (TPSA) is 111 Å². The number of non-ortho nitro benzene ring substituents is 1. The number of ether oxygens (including phenoxy) is 1. The fraction of sp³-hybridized carbons (Fsp3) is 0.250. The van der Waals surface area contributed by atoms with Gasteiger partial charge in [-0.2, -0.15) is 11.8 Å². The summed E-state index contributed by atoms with van der Waals surface area (Å²) in [6.45, 7) is 0.00209. The molecule has 0 bridgehead atoms. The van der Waals surface area contributed by atoms with Crippen LogP contribution >= 0.6 is 34.7 Å². The molecule has 0 spiro atoms. The first kappa shape index (κ1) is 23.0. The van der Waals surface area contributed by atoms with E-state index in [4.69, 9.17) is 16.3 Å². The van der Waals surface area contributed by atoms with Crippen LogP contribution in [0.3, 0.4) is 0 Å². The summed E-state index contributed by atoms with van der Waals surface area (Å²) in [5, 5.41) is 14.1. The molecule has 1 amide bonds. The maximum atomic E-state index is 12.6. The van der Waals surface area contributed by atoms with Crippen LogP contribution in [0.5, 0.6) is 0 Å². The number of amides is 1. The Hall–Kier alpha value is -2.69. The number of para-hydroxylation sites is 1. The number of hydrogen-bond donors (Lipinski definition) is 1. The van der Waals surface area contributed by atoms with Crippen molar-refractivity contribution < 1.29 is 19.2 Å². The first-order valence-electron chi connectivity index (χ1n) is 9.14. The van der Waals surface area contributed by atoms with Crippen molar-refractivity contribution >= 4 is 62.5 Å². The van der Waals surface area contributed by atoms with Crippen LogP contribution in [0.2, 0.25) is 5.02 Å². The molecule has 11 heteroatoms. The fourth-order valence-corrected chi connectivity index (χ4v) is 4.35. The lowest BCUT2D eigenvalue weighted by Crippen LogP contribution is -2.42. The zero-order valence-electron chi connectivity index (χ0n) is 16.4. The van der Waals surface area contributed by atoms with Gasteiger partial charge in [0.25, 0.3) is 11.6 Å². The third-order valence-corrected chi connectivity index (χ3v) is 6.25. The molecular formula is C20H18ClN3O5S2. The first-order valence-corrected chi connectivity index (χ1v) is 11.7. The van der Waals surface area contributed by atoms with E-state index in [0.717, 1.165) is 16.3 Å². The molecule has 162 valence electrons. The number of esters is 1. The molecule has 1 N–H and O–H groups in total. The molecule has 31 heavy (non-hydrogen) atoms. The molecule has 0 fully saturated rings. The number of nitro groups is 1. The zero-order valence-corrected chi connectivity index (χ0v) is 18.8. The first-order chi connectivity index (χ1) is 14.9. The highest BCUT2D eigenvalue weighted by Crippen LogP contribution is 2.24. The number of benzene rings is 2. The van der Waals surface area contributed by atoms with Crippen LogP contribution in [0, 0.1) is 10.1 Å². The van der Waals surface area contributed by atoms with Gasteiger partial charge in [0.1, 0.15) is 17.7 Å². The van der Waals surface area contributed by atoms with Gasteiger partial charge < -0.3 is 10.1 Å². The molecule has 8 nitrogen and oxygen atoms in total. The van der Waals surface area contributed by atoms with Crippen LogP contribution in [0.25, 0.3) is 10.2 Å². The molecule has 1 heterocycles. The lowest BCUT2D eigenvalue weighted by molar-refractivity contribution is -0.384. The summed E-state index contributed by atoms with van der Waals surface area (Å²) >= 11 is 8.98. The van der Waals surface area contributed by atoms with Crippen molar-refractivity contribution in [3.8, 4) is 0 Å². The Morgan fingerprint density at radius 1 is 1.32 bits per heavy atom. The number of nitrogens with zero attached hydrogens (tertiary/aromatic N) is 2. The van der Waals surface area contributed by atoms with Gasteiger partial charge in [0.2, 0.25) is 0 Å². The Morgan fingerprint density at radius 2 is 2.10 bits per heavy atom. The van der Waals surface area contributed by atoms with Crippen LogP contribution in [0.4, 0.5) is 5.69 Å². The van der Waals surface area contributed by atoms with Gasteiger partial charge in [-0.1, -0.05) is 23.7 Å². The van der Waals surface area contributed by atoms with Crippen molar-refractivity contribution in [3.05, 3.63) is 68.2 Å². The molecule has 0 radical (unpaired) electrons. The molecule has 0 saturated carbocycles. The standard InChI is InChI=1S/C20H18ClN3O5S2/c1-30-9-8-16(23-19(25)13-7-6-12(24(27)28)10-14(13)21)20(26)29-11-18-22-15-4-2-3-5-17(15)31-18/h2-7,10,16H,8-9,11H2,1H3,(H,23,25). The minimum absolute atomic E-state index is 0.00209. The van der Waals surface area contributed by atoms with Crippen molar-refractivity contribution in [2.24, 2.45) is 0 Å². The van der Waals surface area contributed by atoms with Gasteiger partial charge in [-0.3, -0.25) is 14.9 Å². The largest absolute Gasteiger partial charge is 0.457 e. The summed E-state index contributed by atoms with van der Waals surface area (Å²) in [7, 11) is 0. The number of nitrogens with one attached hydrogen (secondary N) is 1. The van der Waals surface area contributed by atoms with E-state index < -0.39 is 22.8 Å². The Bertz CT molecular complexity index is 1090. The highest BCUT2D eigenvalue weighted by Gasteiger charge is 2.24. The Labute approximate surface area is 191 Å². The number of aromatic nitrogens is 1. The van der Waals surface area contributed by atoms with Gasteiger partial charge in [0.05, 0.1) is 25.7 Å². The smallest absolute Gasteiger partial charge is 0.329 e. The van der Waals surface area contributed by atoms with E-state index in [1.165, 1.54) is 35.2 Å². The van der Waals surface area contributed by atoms with Crippen molar-refractivity contribution in [2.45, 2.75) is 19.1 Å². The van der Waals surface area contributed by atoms with Gasteiger partial charge in [-0.15, -0.1) is 11.3 Å². The van der Waals surface area contributed by atoms with Crippen LogP contribution in [0.1, 0.15) is 21.8 Å². The molecule has 0 aliphatic carbocycles. The Balaban J connectivity index is 1.67. The van der Waals surface area contributed by atoms with E-state index in [1.807, 2.05) is 30.5 Å². The molecule has 0 saturated heterocycles. The van der Waals surface area contributed by atoms with Crippen LogP contribution < -0.4 is 5.32 Å². The van der Waals surface area contributed by atoms with Crippen molar-refractivity contribution in [1.82, 2.24) is 10.3 Å². The van der Waals surface area contributed by atoms with E-state index in [2.05, 4.69) is 10.3 Å². The summed E-state index contributed by atoms with van der Waals surface area (Å²) in [4.78, 5) is 39.9. The third kappa shape index (κ3) is 5.93. The summed E-state index contributed by atoms with van der Waals surface area (Å²) in [5.41, 5.74) is 0.648. The molecule has 0 aliphatic heterocycles. The molecule has 1 unspecified atom stereocenters. The average molecular weight is 480 g/mol. The van der Waals surface area contributed by atoms with E-state index in [1.54, 1.807) is 0 Å². The normalized spacial score (nSPS) is 11.8. The SMILES string of the molecule is CSCCC(NC(=O)c1ccc([N+](=O)[O-])cc1Cl)C(=O)OCc1nc2ccccc2s1. The number of hydrogen-bond acceptors (Lipinski definition) is 8. The van der Waals surface area contributed by atoms with Crippen molar-refractivity contribution in [2.75, 3.05) is 12.0 Å². The number of nitro benzene ring substituents is 1. The Morgan fingerprint density at radius 3 is 2.77 bits per heavy atom. The van der Waals surface area contributed by atoms with Gasteiger partial charge in [0.15, 0.2) is 0 Å². The molecule has 3 aromatic rings. The number of halogens is 1. The van der Waals surface area contributed by atoms with Gasteiger partial charge in [0, 0.05) is 12.1 Å². The van der Waals surface area contributed by atoms with Gasteiger partial charge in [-0.25, -0.2) is 9.78 Å². The number of carbonyl (C=O) groups excluding carboxylic acids is 2. The number of thiazole rings is 1. The molecular weight excluding hydrogens is 462 g/mol.